The van der Waals surface area contributed by atoms with Crippen molar-refractivity contribution < 1.29 is 28.4 Å². The van der Waals surface area contributed by atoms with E-state index in [4.69, 9.17) is 21.1 Å². The molecule has 0 radical (unpaired) electrons. The van der Waals surface area contributed by atoms with Gasteiger partial charge >= 0.3 is 17.7 Å². The van der Waals surface area contributed by atoms with Crippen LogP contribution in [0.15, 0.2) is 16.7 Å². The van der Waals surface area contributed by atoms with Crippen LogP contribution in [0.1, 0.15) is 20.8 Å². The molecule has 13 heteroatoms. The summed E-state index contributed by atoms with van der Waals surface area (Å²) >= 11 is 9.16. The highest BCUT2D eigenvalue weighted by Crippen LogP contribution is 2.41. The van der Waals surface area contributed by atoms with Gasteiger partial charge in [-0.25, -0.2) is 19.0 Å². The lowest BCUT2D eigenvalue weighted by Gasteiger charge is -2.41. The number of amides is 1. The average Bonchev–Trinajstić information content (AvgIpc) is 2.74. The minimum atomic E-state index is -1.12. The van der Waals surface area contributed by atoms with E-state index in [0.717, 1.165) is 6.20 Å². The fraction of sp³-hybridized carbons (Fsp3) is 0.450. The maximum absolute atomic E-state index is 14.8. The number of aromatic nitrogens is 1. The first-order valence-corrected chi connectivity index (χ1v) is 11.0. The molecule has 1 atom stereocenters. The molecular formula is C20H21BrClFN4O6. The first-order chi connectivity index (χ1) is 15.4. The summed E-state index contributed by atoms with van der Waals surface area (Å²) < 4.78 is 25.1. The molecule has 0 aliphatic carbocycles. The zero-order chi connectivity index (χ0) is 24.7. The number of pyridine rings is 1. The van der Waals surface area contributed by atoms with Crippen molar-refractivity contribution in [3.8, 4) is 0 Å². The number of hydrogen-bond acceptors (Lipinski definition) is 8. The fourth-order valence-corrected chi connectivity index (χ4v) is 4.03. The maximum atomic E-state index is 14.8. The Labute approximate surface area is 201 Å². The molecule has 1 aromatic heterocycles. The van der Waals surface area contributed by atoms with Crippen LogP contribution in [0.5, 0.6) is 0 Å². The van der Waals surface area contributed by atoms with Crippen LogP contribution in [0.2, 0.25) is 5.02 Å². The number of rotatable bonds is 3. The van der Waals surface area contributed by atoms with Crippen molar-refractivity contribution in [2.45, 2.75) is 32.4 Å². The number of nitrogens with zero attached hydrogens (tertiary/aromatic N) is 4. The summed E-state index contributed by atoms with van der Waals surface area (Å²) in [5, 5.41) is 11.9. The molecule has 1 aliphatic heterocycles. The molecule has 1 unspecified atom stereocenters. The van der Waals surface area contributed by atoms with Crippen molar-refractivity contribution in [1.82, 2.24) is 9.88 Å². The lowest BCUT2D eigenvalue weighted by molar-refractivity contribution is -0.384. The van der Waals surface area contributed by atoms with Gasteiger partial charge in [-0.15, -0.1) is 0 Å². The van der Waals surface area contributed by atoms with Gasteiger partial charge in [0.1, 0.15) is 29.0 Å². The second-order valence-corrected chi connectivity index (χ2v) is 9.49. The van der Waals surface area contributed by atoms with Crippen molar-refractivity contribution in [3.63, 3.8) is 0 Å². The van der Waals surface area contributed by atoms with Crippen molar-refractivity contribution >= 4 is 61.9 Å². The number of halogens is 3. The number of anilines is 1. The largest absolute Gasteiger partial charge is 0.467 e. The highest BCUT2D eigenvalue weighted by atomic mass is 79.9. The molecule has 3 rings (SSSR count). The molecule has 0 bridgehead atoms. The van der Waals surface area contributed by atoms with Gasteiger partial charge in [-0.05, 0) is 42.8 Å². The Bertz CT molecular complexity index is 1140. The second-order valence-electron chi connectivity index (χ2n) is 8.29. The number of carbonyl (C=O) groups excluding carboxylic acids is 2. The summed E-state index contributed by atoms with van der Waals surface area (Å²) in [7, 11) is 1.17. The van der Waals surface area contributed by atoms with Gasteiger partial charge in [-0.3, -0.25) is 10.1 Å². The third kappa shape index (κ3) is 4.96. The minimum Gasteiger partial charge on any atom is -0.467 e. The lowest BCUT2D eigenvalue weighted by Crippen LogP contribution is -2.59. The summed E-state index contributed by atoms with van der Waals surface area (Å²) in [5.41, 5.74) is -1.40. The van der Waals surface area contributed by atoms with Crippen molar-refractivity contribution in [1.29, 1.82) is 0 Å². The standard InChI is InChI=1S/C20H21BrClFN4O6/c1-20(2,3)33-19(29)25-5-6-26(13(9-25)18(28)32-4)17-10-7-11(22)14(21)15(23)16(10)24-8-12(17)27(30)31/h7-8,13H,5-6,9H2,1-4H3. The smallest absolute Gasteiger partial charge is 0.410 e. The molecule has 2 heterocycles. The fourth-order valence-electron chi connectivity index (χ4n) is 3.53. The molecule has 2 aromatic rings. The molecule has 1 fully saturated rings. The highest BCUT2D eigenvalue weighted by molar-refractivity contribution is 9.10. The molecule has 33 heavy (non-hydrogen) atoms. The normalized spacial score (nSPS) is 16.6. The van der Waals surface area contributed by atoms with E-state index in [1.807, 2.05) is 0 Å². The van der Waals surface area contributed by atoms with Gasteiger partial charge in [0.2, 0.25) is 0 Å². The van der Waals surface area contributed by atoms with Gasteiger partial charge in [-0.2, -0.15) is 0 Å². The van der Waals surface area contributed by atoms with Gasteiger partial charge in [0.15, 0.2) is 5.82 Å². The molecule has 1 aliphatic rings. The van der Waals surface area contributed by atoms with Crippen molar-refractivity contribution in [2.24, 2.45) is 0 Å². The summed E-state index contributed by atoms with van der Waals surface area (Å²) in [6, 6.07) is 0.222. The number of piperazine rings is 1. The Kier molecular flexibility index (Phi) is 6.99. The van der Waals surface area contributed by atoms with Gasteiger partial charge in [0, 0.05) is 18.5 Å². The maximum Gasteiger partial charge on any atom is 0.410 e. The monoisotopic (exact) mass is 546 g/mol. The van der Waals surface area contributed by atoms with E-state index in [1.54, 1.807) is 20.8 Å². The van der Waals surface area contributed by atoms with Gasteiger partial charge in [0.05, 0.1) is 28.1 Å². The van der Waals surface area contributed by atoms with Crippen LogP contribution in [0, 0.1) is 15.9 Å². The molecule has 0 N–H and O–H groups in total. The molecule has 10 nitrogen and oxygen atoms in total. The molecule has 1 aromatic carbocycles. The van der Waals surface area contributed by atoms with Gasteiger partial charge in [-0.1, -0.05) is 11.6 Å². The number of fused-ring (bicyclic) bond motifs is 1. The Hall–Kier alpha value is -2.73. The summed E-state index contributed by atoms with van der Waals surface area (Å²) in [4.78, 5) is 43.0. The van der Waals surface area contributed by atoms with Crippen LogP contribution >= 0.6 is 27.5 Å². The number of methoxy groups -OCH3 is 1. The van der Waals surface area contributed by atoms with Crippen LogP contribution in [-0.4, -0.2) is 65.3 Å². The lowest BCUT2D eigenvalue weighted by atomic mass is 10.1. The topological polar surface area (TPSA) is 115 Å². The Balaban J connectivity index is 2.15. The molecule has 0 saturated carbocycles. The number of carbonyl (C=O) groups is 2. The Morgan fingerprint density at radius 3 is 2.61 bits per heavy atom. The SMILES string of the molecule is COC(=O)C1CN(C(=O)OC(C)(C)C)CCN1c1c([N+](=O)[O-])cnc2c(F)c(Br)c(Cl)cc12. The number of benzene rings is 1. The number of nitro groups is 1. The van der Waals surface area contributed by atoms with Crippen molar-refractivity contribution in [2.75, 3.05) is 31.6 Å². The third-order valence-electron chi connectivity index (χ3n) is 4.94. The van der Waals surface area contributed by atoms with E-state index in [1.165, 1.54) is 23.0 Å². The predicted molar refractivity (Wildman–Crippen MR) is 122 cm³/mol. The van der Waals surface area contributed by atoms with E-state index in [-0.39, 0.29) is 45.7 Å². The van der Waals surface area contributed by atoms with Crippen molar-refractivity contribution in [3.05, 3.63) is 37.7 Å². The minimum absolute atomic E-state index is 0.00820. The van der Waals surface area contributed by atoms with E-state index < -0.39 is 40.1 Å². The van der Waals surface area contributed by atoms with Crippen LogP contribution < -0.4 is 4.90 Å². The van der Waals surface area contributed by atoms with E-state index in [9.17, 15) is 24.1 Å². The summed E-state index contributed by atoms with van der Waals surface area (Å²) in [6.07, 6.45) is 0.290. The van der Waals surface area contributed by atoms with Gasteiger partial charge < -0.3 is 19.3 Å². The Morgan fingerprint density at radius 1 is 1.36 bits per heavy atom. The first-order valence-electron chi connectivity index (χ1n) is 9.78. The van der Waals surface area contributed by atoms with Crippen LogP contribution in [0.4, 0.5) is 20.6 Å². The molecule has 1 saturated heterocycles. The van der Waals surface area contributed by atoms with Gasteiger partial charge in [0.25, 0.3) is 0 Å². The van der Waals surface area contributed by atoms with Crippen LogP contribution in [0.3, 0.4) is 0 Å². The average molecular weight is 548 g/mol. The molecular weight excluding hydrogens is 527 g/mol. The second kappa shape index (κ2) is 9.26. The first kappa shape index (κ1) is 24.9. The van der Waals surface area contributed by atoms with E-state index in [0.29, 0.717) is 0 Å². The number of ether oxygens (including phenoxy) is 2. The summed E-state index contributed by atoms with van der Waals surface area (Å²) in [6.45, 7) is 5.07. The zero-order valence-electron chi connectivity index (χ0n) is 18.2. The number of hydrogen-bond donors (Lipinski definition) is 0. The highest BCUT2D eigenvalue weighted by Gasteiger charge is 2.40. The molecule has 0 spiro atoms. The van der Waals surface area contributed by atoms with E-state index in [2.05, 4.69) is 20.9 Å². The Morgan fingerprint density at radius 2 is 2.03 bits per heavy atom. The quantitative estimate of drug-likeness (QED) is 0.242. The zero-order valence-corrected chi connectivity index (χ0v) is 20.6. The molecule has 178 valence electrons. The number of esters is 1. The third-order valence-corrected chi connectivity index (χ3v) is 6.24. The van der Waals surface area contributed by atoms with Crippen LogP contribution in [-0.2, 0) is 14.3 Å². The van der Waals surface area contributed by atoms with E-state index >= 15 is 0 Å². The predicted octanol–water partition coefficient (Wildman–Crippen LogP) is 4.30. The molecule has 1 amide bonds. The van der Waals surface area contributed by atoms with Crippen LogP contribution in [0.25, 0.3) is 10.9 Å². The summed E-state index contributed by atoms with van der Waals surface area (Å²) in [5.74, 6) is -1.53.